The van der Waals surface area contributed by atoms with Gasteiger partial charge in [-0.2, -0.15) is 9.50 Å². The molecule has 176 valence electrons. The van der Waals surface area contributed by atoms with Crippen molar-refractivity contribution in [3.05, 3.63) is 68.7 Å². The first kappa shape index (κ1) is 22.2. The molecule has 0 N–H and O–H groups in total. The second kappa shape index (κ2) is 9.72. The first-order chi connectivity index (χ1) is 16.7. The maximum Gasteiger partial charge on any atom is 0.291 e. The van der Waals surface area contributed by atoms with Crippen LogP contribution in [0.5, 0.6) is 23.0 Å². The summed E-state index contributed by atoms with van der Waals surface area (Å²) in [6.07, 6.45) is 4.61. The van der Waals surface area contributed by atoms with E-state index in [0.717, 1.165) is 24.8 Å². The fraction of sp³-hybridized carbons (Fsp3) is 0.320. The number of nitrogens with zero attached hydrogens (tertiary/aromatic N) is 3. The average Bonchev–Trinajstić information content (AvgIpc) is 3.41. The van der Waals surface area contributed by atoms with Crippen LogP contribution in [-0.2, 0) is 0 Å². The lowest BCUT2D eigenvalue weighted by molar-refractivity contribution is 0.0852. The van der Waals surface area contributed by atoms with Crippen molar-refractivity contribution in [2.45, 2.75) is 32.3 Å². The number of hydrogen-bond acceptors (Lipinski definition) is 8. The molecule has 0 saturated carbocycles. The molecule has 1 unspecified atom stereocenters. The van der Waals surface area contributed by atoms with E-state index in [-0.39, 0.29) is 12.2 Å². The van der Waals surface area contributed by atoms with Gasteiger partial charge in [-0.15, -0.1) is 5.10 Å². The van der Waals surface area contributed by atoms with E-state index in [0.29, 0.717) is 44.9 Å². The molecule has 3 heterocycles. The van der Waals surface area contributed by atoms with E-state index in [4.69, 9.17) is 18.9 Å². The van der Waals surface area contributed by atoms with Gasteiger partial charge in [0.05, 0.1) is 18.2 Å². The standard InChI is InChI=1S/C25H25N3O5S/c1-3-4-7-12-31-18-11-10-16(13-20(18)30-2)14-22-24(29)28-25(34-22)26-23(27-28)21-15-32-17-8-5-6-9-19(17)33-21/h5-6,8-11,13-14,21H,3-4,7,12,15H2,1-2H3. The summed E-state index contributed by atoms with van der Waals surface area (Å²) in [7, 11) is 1.61. The molecule has 1 aliphatic heterocycles. The Labute approximate surface area is 200 Å². The molecule has 34 heavy (non-hydrogen) atoms. The minimum atomic E-state index is -0.469. The largest absolute Gasteiger partial charge is 0.493 e. The predicted octanol–water partition coefficient (Wildman–Crippen LogP) is 3.79. The van der Waals surface area contributed by atoms with Gasteiger partial charge in [0, 0.05) is 0 Å². The number of aromatic nitrogens is 3. The second-order valence-corrected chi connectivity index (χ2v) is 8.92. The quantitative estimate of drug-likeness (QED) is 0.356. The lowest BCUT2D eigenvalue weighted by Crippen LogP contribution is -2.26. The van der Waals surface area contributed by atoms with Gasteiger partial charge in [-0.1, -0.05) is 49.3 Å². The van der Waals surface area contributed by atoms with Crippen molar-refractivity contribution < 1.29 is 18.9 Å². The lowest BCUT2D eigenvalue weighted by atomic mass is 10.2. The number of thiazole rings is 1. The number of unbranched alkanes of at least 4 members (excludes halogenated alkanes) is 2. The van der Waals surface area contributed by atoms with Crippen LogP contribution in [0.2, 0.25) is 0 Å². The Morgan fingerprint density at radius 2 is 2.03 bits per heavy atom. The summed E-state index contributed by atoms with van der Waals surface area (Å²) in [6, 6.07) is 13.1. The summed E-state index contributed by atoms with van der Waals surface area (Å²) in [6.45, 7) is 3.09. The molecular formula is C25H25N3O5S. The van der Waals surface area contributed by atoms with E-state index >= 15 is 0 Å². The molecule has 1 atom stereocenters. The molecule has 0 amide bonds. The van der Waals surface area contributed by atoms with E-state index in [1.54, 1.807) is 7.11 Å². The zero-order valence-electron chi connectivity index (χ0n) is 19.0. The minimum Gasteiger partial charge on any atom is -0.493 e. The van der Waals surface area contributed by atoms with Crippen molar-refractivity contribution in [2.75, 3.05) is 20.3 Å². The first-order valence-electron chi connectivity index (χ1n) is 11.3. The highest BCUT2D eigenvalue weighted by Crippen LogP contribution is 2.35. The Kier molecular flexibility index (Phi) is 6.35. The molecule has 0 fully saturated rings. The van der Waals surface area contributed by atoms with Gasteiger partial charge in [0.2, 0.25) is 4.96 Å². The first-order valence-corrected chi connectivity index (χ1v) is 12.1. The third-order valence-corrected chi connectivity index (χ3v) is 6.44. The molecule has 0 aliphatic carbocycles. The van der Waals surface area contributed by atoms with Crippen LogP contribution < -0.4 is 29.0 Å². The number of hydrogen-bond donors (Lipinski definition) is 0. The molecule has 9 heteroatoms. The summed E-state index contributed by atoms with van der Waals surface area (Å²) in [5.74, 6) is 3.08. The number of para-hydroxylation sites is 2. The van der Waals surface area contributed by atoms with Gasteiger partial charge in [0.15, 0.2) is 34.9 Å². The van der Waals surface area contributed by atoms with Crippen molar-refractivity contribution in [1.29, 1.82) is 0 Å². The van der Waals surface area contributed by atoms with Crippen molar-refractivity contribution in [3.8, 4) is 23.0 Å². The molecule has 0 bridgehead atoms. The maximum atomic E-state index is 13.0. The average molecular weight is 480 g/mol. The monoisotopic (exact) mass is 479 g/mol. The third-order valence-electron chi connectivity index (χ3n) is 5.49. The molecule has 4 aromatic rings. The fourth-order valence-electron chi connectivity index (χ4n) is 3.71. The topological polar surface area (TPSA) is 84.2 Å². The highest BCUT2D eigenvalue weighted by molar-refractivity contribution is 7.15. The van der Waals surface area contributed by atoms with Crippen molar-refractivity contribution in [1.82, 2.24) is 14.6 Å². The van der Waals surface area contributed by atoms with Crippen molar-refractivity contribution in [3.63, 3.8) is 0 Å². The second-order valence-electron chi connectivity index (χ2n) is 7.91. The van der Waals surface area contributed by atoms with Crippen LogP contribution in [0, 0.1) is 0 Å². The molecule has 0 saturated heterocycles. The Balaban J connectivity index is 1.37. The highest BCUT2D eigenvalue weighted by Gasteiger charge is 2.27. The Morgan fingerprint density at radius 1 is 1.18 bits per heavy atom. The highest BCUT2D eigenvalue weighted by atomic mass is 32.1. The summed E-state index contributed by atoms with van der Waals surface area (Å²) in [5, 5.41) is 4.40. The third kappa shape index (κ3) is 4.43. The van der Waals surface area contributed by atoms with E-state index in [1.807, 2.05) is 48.5 Å². The molecule has 0 radical (unpaired) electrons. The van der Waals surface area contributed by atoms with E-state index in [1.165, 1.54) is 15.9 Å². The van der Waals surface area contributed by atoms with Crippen LogP contribution in [0.15, 0.2) is 47.3 Å². The zero-order valence-corrected chi connectivity index (χ0v) is 19.8. The maximum absolute atomic E-state index is 13.0. The van der Waals surface area contributed by atoms with Crippen LogP contribution in [0.3, 0.4) is 0 Å². The molecular weight excluding hydrogens is 454 g/mol. The molecule has 8 nitrogen and oxygen atoms in total. The SMILES string of the molecule is CCCCCOc1ccc(C=c2sc3nc(C4COc5ccccc5O4)nn3c2=O)cc1OC. The minimum absolute atomic E-state index is 0.227. The summed E-state index contributed by atoms with van der Waals surface area (Å²) >= 11 is 1.28. The van der Waals surface area contributed by atoms with Crippen LogP contribution in [0.1, 0.15) is 43.7 Å². The zero-order chi connectivity index (χ0) is 23.5. The summed E-state index contributed by atoms with van der Waals surface area (Å²) < 4.78 is 24.9. The van der Waals surface area contributed by atoms with Crippen molar-refractivity contribution >= 4 is 22.4 Å². The smallest absolute Gasteiger partial charge is 0.291 e. The number of ether oxygens (including phenoxy) is 4. The fourth-order valence-corrected chi connectivity index (χ4v) is 4.63. The number of methoxy groups -OCH3 is 1. The Hall–Kier alpha value is -3.59. The number of rotatable bonds is 8. The van der Waals surface area contributed by atoms with Gasteiger partial charge in [-0.3, -0.25) is 4.79 Å². The molecule has 1 aliphatic rings. The van der Waals surface area contributed by atoms with E-state index < -0.39 is 6.10 Å². The van der Waals surface area contributed by atoms with Crippen LogP contribution in [0.25, 0.3) is 11.0 Å². The molecule has 2 aromatic carbocycles. The normalized spacial score (nSPS) is 15.6. The van der Waals surface area contributed by atoms with Gasteiger partial charge in [-0.25, -0.2) is 0 Å². The summed E-state index contributed by atoms with van der Waals surface area (Å²) in [5.41, 5.74) is 0.606. The van der Waals surface area contributed by atoms with Crippen molar-refractivity contribution in [2.24, 2.45) is 0 Å². The Bertz CT molecular complexity index is 1410. The number of benzene rings is 2. The van der Waals surface area contributed by atoms with Gasteiger partial charge in [0.25, 0.3) is 5.56 Å². The Morgan fingerprint density at radius 3 is 2.82 bits per heavy atom. The van der Waals surface area contributed by atoms with Gasteiger partial charge in [-0.05, 0) is 42.3 Å². The van der Waals surface area contributed by atoms with E-state index in [2.05, 4.69) is 17.0 Å². The van der Waals surface area contributed by atoms with E-state index in [9.17, 15) is 4.79 Å². The molecule has 0 spiro atoms. The summed E-state index contributed by atoms with van der Waals surface area (Å²) in [4.78, 5) is 18.0. The van der Waals surface area contributed by atoms with Crippen LogP contribution in [-0.4, -0.2) is 34.9 Å². The lowest BCUT2D eigenvalue weighted by Gasteiger charge is -2.24. The van der Waals surface area contributed by atoms with Crippen LogP contribution >= 0.6 is 11.3 Å². The predicted molar refractivity (Wildman–Crippen MR) is 129 cm³/mol. The van der Waals surface area contributed by atoms with Crippen LogP contribution in [0.4, 0.5) is 0 Å². The van der Waals surface area contributed by atoms with Gasteiger partial charge < -0.3 is 18.9 Å². The molecule has 2 aromatic heterocycles. The molecule has 5 rings (SSSR count). The van der Waals surface area contributed by atoms with Gasteiger partial charge >= 0.3 is 0 Å². The number of fused-ring (bicyclic) bond motifs is 2. The van der Waals surface area contributed by atoms with Gasteiger partial charge in [0.1, 0.15) is 6.61 Å².